The van der Waals surface area contributed by atoms with E-state index in [9.17, 15) is 4.79 Å². The standard InChI is InChI=1S/C20H24ClNO3S/c1-3-19(25-18-9-5-8-17(13-18)24-2)20(23)22-10-11-26-14-15-6-4-7-16(21)12-15/h4-9,12-13,19H,3,10-11,14H2,1-2H3,(H,22,23)/t19-/m1/s1. The van der Waals surface area contributed by atoms with E-state index in [-0.39, 0.29) is 5.91 Å². The van der Waals surface area contributed by atoms with Gasteiger partial charge in [-0.1, -0.05) is 36.7 Å². The second-order valence-electron chi connectivity index (χ2n) is 5.67. The van der Waals surface area contributed by atoms with Crippen LogP contribution in [0.1, 0.15) is 18.9 Å². The van der Waals surface area contributed by atoms with Gasteiger partial charge in [0.25, 0.3) is 5.91 Å². The third-order valence-corrected chi connectivity index (χ3v) is 4.95. The maximum Gasteiger partial charge on any atom is 0.261 e. The minimum Gasteiger partial charge on any atom is -0.497 e. The number of ether oxygens (including phenoxy) is 2. The molecule has 26 heavy (non-hydrogen) atoms. The lowest BCUT2D eigenvalue weighted by Crippen LogP contribution is -2.39. The highest BCUT2D eigenvalue weighted by Crippen LogP contribution is 2.21. The molecule has 2 rings (SSSR count). The Hall–Kier alpha value is -1.85. The molecule has 0 aliphatic rings. The predicted molar refractivity (Wildman–Crippen MR) is 108 cm³/mol. The van der Waals surface area contributed by atoms with Gasteiger partial charge in [0.1, 0.15) is 11.5 Å². The molecule has 0 fully saturated rings. The van der Waals surface area contributed by atoms with Gasteiger partial charge in [-0.3, -0.25) is 4.79 Å². The first kappa shape index (κ1) is 20.5. The Kier molecular flexibility index (Phi) is 8.65. The molecule has 1 atom stereocenters. The Bertz CT molecular complexity index is 711. The molecule has 6 heteroatoms. The molecule has 0 heterocycles. The summed E-state index contributed by atoms with van der Waals surface area (Å²) in [7, 11) is 1.60. The molecule has 140 valence electrons. The first-order chi connectivity index (χ1) is 12.6. The summed E-state index contributed by atoms with van der Waals surface area (Å²) in [6, 6.07) is 15.1. The van der Waals surface area contributed by atoms with Crippen LogP contribution in [0.2, 0.25) is 5.02 Å². The maximum atomic E-state index is 12.3. The van der Waals surface area contributed by atoms with Gasteiger partial charge in [0.15, 0.2) is 6.10 Å². The van der Waals surface area contributed by atoms with Crippen LogP contribution >= 0.6 is 23.4 Å². The summed E-state index contributed by atoms with van der Waals surface area (Å²) in [6.45, 7) is 2.53. The third-order valence-electron chi connectivity index (χ3n) is 3.69. The lowest BCUT2D eigenvalue weighted by molar-refractivity contribution is -0.127. The third kappa shape index (κ3) is 6.81. The van der Waals surface area contributed by atoms with Crippen molar-refractivity contribution in [2.75, 3.05) is 19.4 Å². The molecule has 0 saturated heterocycles. The zero-order chi connectivity index (χ0) is 18.8. The molecule has 0 aromatic heterocycles. The van der Waals surface area contributed by atoms with E-state index in [1.54, 1.807) is 24.9 Å². The topological polar surface area (TPSA) is 47.6 Å². The van der Waals surface area contributed by atoms with E-state index < -0.39 is 6.10 Å². The fourth-order valence-corrected chi connectivity index (χ4v) is 3.36. The number of methoxy groups -OCH3 is 1. The number of hydrogen-bond donors (Lipinski definition) is 1. The number of halogens is 1. The second-order valence-corrected chi connectivity index (χ2v) is 7.21. The van der Waals surface area contributed by atoms with Crippen molar-refractivity contribution in [1.82, 2.24) is 5.32 Å². The molecule has 1 amide bonds. The average molecular weight is 394 g/mol. The van der Waals surface area contributed by atoms with E-state index in [1.807, 2.05) is 49.4 Å². The van der Waals surface area contributed by atoms with Crippen molar-refractivity contribution in [2.45, 2.75) is 25.2 Å². The minimum atomic E-state index is -0.514. The summed E-state index contributed by atoms with van der Waals surface area (Å²) < 4.78 is 11.0. The van der Waals surface area contributed by atoms with Crippen molar-refractivity contribution in [1.29, 1.82) is 0 Å². The fourth-order valence-electron chi connectivity index (χ4n) is 2.34. The molecule has 0 radical (unpaired) electrons. The van der Waals surface area contributed by atoms with Gasteiger partial charge in [0, 0.05) is 29.1 Å². The van der Waals surface area contributed by atoms with Gasteiger partial charge in [-0.05, 0) is 36.2 Å². The highest BCUT2D eigenvalue weighted by Gasteiger charge is 2.18. The van der Waals surface area contributed by atoms with Crippen LogP contribution in [0.4, 0.5) is 0 Å². The highest BCUT2D eigenvalue weighted by molar-refractivity contribution is 7.98. The van der Waals surface area contributed by atoms with Gasteiger partial charge < -0.3 is 14.8 Å². The van der Waals surface area contributed by atoms with E-state index in [1.165, 1.54) is 5.56 Å². The highest BCUT2D eigenvalue weighted by atomic mass is 35.5. The van der Waals surface area contributed by atoms with E-state index in [0.29, 0.717) is 24.5 Å². The molecule has 4 nitrogen and oxygen atoms in total. The van der Waals surface area contributed by atoms with E-state index in [4.69, 9.17) is 21.1 Å². The smallest absolute Gasteiger partial charge is 0.261 e. The number of nitrogens with one attached hydrogen (secondary N) is 1. The van der Waals surface area contributed by atoms with Crippen LogP contribution in [0.15, 0.2) is 48.5 Å². The van der Waals surface area contributed by atoms with Crippen molar-refractivity contribution < 1.29 is 14.3 Å². The van der Waals surface area contributed by atoms with Crippen LogP contribution in [-0.2, 0) is 10.5 Å². The van der Waals surface area contributed by atoms with Gasteiger partial charge in [-0.25, -0.2) is 0 Å². The molecule has 0 saturated carbocycles. The minimum absolute atomic E-state index is 0.0984. The summed E-state index contributed by atoms with van der Waals surface area (Å²) in [4.78, 5) is 12.3. The zero-order valence-electron chi connectivity index (χ0n) is 15.0. The molecule has 2 aromatic carbocycles. The van der Waals surface area contributed by atoms with Crippen molar-refractivity contribution >= 4 is 29.3 Å². The molecular formula is C20H24ClNO3S. The van der Waals surface area contributed by atoms with Gasteiger partial charge in [0.05, 0.1) is 7.11 Å². The van der Waals surface area contributed by atoms with Crippen LogP contribution in [0.3, 0.4) is 0 Å². The summed E-state index contributed by atoms with van der Waals surface area (Å²) in [6.07, 6.45) is 0.0821. The van der Waals surface area contributed by atoms with Crippen molar-refractivity contribution in [3.8, 4) is 11.5 Å². The predicted octanol–water partition coefficient (Wildman–Crippen LogP) is 4.56. The average Bonchev–Trinajstić information content (AvgIpc) is 2.66. The van der Waals surface area contributed by atoms with Gasteiger partial charge in [-0.15, -0.1) is 0 Å². The summed E-state index contributed by atoms with van der Waals surface area (Å²) >= 11 is 7.73. The summed E-state index contributed by atoms with van der Waals surface area (Å²) in [5, 5.41) is 3.69. The Balaban J connectivity index is 1.72. The molecule has 0 aliphatic carbocycles. The summed E-state index contributed by atoms with van der Waals surface area (Å²) in [5.41, 5.74) is 1.18. The van der Waals surface area contributed by atoms with E-state index >= 15 is 0 Å². The quantitative estimate of drug-likeness (QED) is 0.601. The Labute approximate surface area is 164 Å². The molecular weight excluding hydrogens is 370 g/mol. The van der Waals surface area contributed by atoms with Crippen LogP contribution in [-0.4, -0.2) is 31.4 Å². The molecule has 0 spiro atoms. The Morgan fingerprint density at radius 3 is 2.69 bits per heavy atom. The molecule has 1 N–H and O–H groups in total. The van der Waals surface area contributed by atoms with E-state index in [2.05, 4.69) is 5.32 Å². The number of carbonyl (C=O) groups is 1. The lowest BCUT2D eigenvalue weighted by Gasteiger charge is -2.17. The van der Waals surface area contributed by atoms with E-state index in [0.717, 1.165) is 16.5 Å². The number of rotatable bonds is 10. The van der Waals surface area contributed by atoms with Gasteiger partial charge in [0.2, 0.25) is 0 Å². The van der Waals surface area contributed by atoms with Crippen LogP contribution in [0.25, 0.3) is 0 Å². The van der Waals surface area contributed by atoms with Gasteiger partial charge in [-0.2, -0.15) is 11.8 Å². The number of benzene rings is 2. The molecule has 0 aliphatic heterocycles. The Morgan fingerprint density at radius 2 is 1.96 bits per heavy atom. The Morgan fingerprint density at radius 1 is 1.19 bits per heavy atom. The maximum absolute atomic E-state index is 12.3. The number of hydrogen-bond acceptors (Lipinski definition) is 4. The molecule has 0 bridgehead atoms. The molecule has 0 unspecified atom stereocenters. The monoisotopic (exact) mass is 393 g/mol. The SMILES string of the molecule is CC[C@@H](Oc1cccc(OC)c1)C(=O)NCCSCc1cccc(Cl)c1. The number of thioether (sulfide) groups is 1. The lowest BCUT2D eigenvalue weighted by atomic mass is 10.2. The van der Waals surface area contributed by atoms with Crippen molar-refractivity contribution in [3.05, 3.63) is 59.1 Å². The van der Waals surface area contributed by atoms with Crippen molar-refractivity contribution in [2.24, 2.45) is 0 Å². The first-order valence-electron chi connectivity index (χ1n) is 8.53. The number of carbonyl (C=O) groups excluding carboxylic acids is 1. The van der Waals surface area contributed by atoms with Crippen LogP contribution < -0.4 is 14.8 Å². The summed E-state index contributed by atoms with van der Waals surface area (Å²) in [5.74, 6) is 2.93. The van der Waals surface area contributed by atoms with Crippen LogP contribution in [0, 0.1) is 0 Å². The fraction of sp³-hybridized carbons (Fsp3) is 0.350. The number of amides is 1. The van der Waals surface area contributed by atoms with Crippen LogP contribution in [0.5, 0.6) is 11.5 Å². The van der Waals surface area contributed by atoms with Gasteiger partial charge >= 0.3 is 0 Å². The molecule has 2 aromatic rings. The normalized spacial score (nSPS) is 11.7. The first-order valence-corrected chi connectivity index (χ1v) is 10.1. The largest absolute Gasteiger partial charge is 0.497 e. The van der Waals surface area contributed by atoms with Crippen molar-refractivity contribution in [3.63, 3.8) is 0 Å². The zero-order valence-corrected chi connectivity index (χ0v) is 16.6. The second kappa shape index (κ2) is 11.0.